The van der Waals surface area contributed by atoms with Crippen LogP contribution in [0.3, 0.4) is 0 Å². The van der Waals surface area contributed by atoms with Crippen molar-refractivity contribution in [1.82, 2.24) is 20.1 Å². The summed E-state index contributed by atoms with van der Waals surface area (Å²) in [6, 6.07) is 11.6. The highest BCUT2D eigenvalue weighted by Crippen LogP contribution is 2.07. The molecule has 0 saturated carbocycles. The third-order valence-corrected chi connectivity index (χ3v) is 2.98. The van der Waals surface area contributed by atoms with Crippen molar-refractivity contribution < 1.29 is 4.79 Å². The molecule has 0 saturated heterocycles. The van der Waals surface area contributed by atoms with Crippen LogP contribution in [0.25, 0.3) is 5.69 Å². The largest absolute Gasteiger partial charge is 0.367 e. The lowest BCUT2D eigenvalue weighted by molar-refractivity contribution is 0.0951. The second-order valence-corrected chi connectivity index (χ2v) is 4.41. The summed E-state index contributed by atoms with van der Waals surface area (Å²) in [5, 5.41) is 7.06. The van der Waals surface area contributed by atoms with E-state index < -0.39 is 0 Å². The van der Waals surface area contributed by atoms with Crippen molar-refractivity contribution in [2.75, 3.05) is 0 Å². The fraction of sp³-hybridized carbons (Fsp3) is 0.0667. The number of nitrogens with zero attached hydrogens (tertiary/aromatic N) is 2. The van der Waals surface area contributed by atoms with E-state index in [0.717, 1.165) is 11.3 Å². The molecule has 100 valence electrons. The van der Waals surface area contributed by atoms with Crippen molar-refractivity contribution in [3.63, 3.8) is 0 Å². The first-order chi connectivity index (χ1) is 9.83. The summed E-state index contributed by atoms with van der Waals surface area (Å²) in [6.45, 7) is 0.499. The molecule has 0 fully saturated rings. The highest BCUT2D eigenvalue weighted by Gasteiger charge is 2.09. The molecule has 5 heteroatoms. The molecule has 1 amide bonds. The van der Waals surface area contributed by atoms with Gasteiger partial charge in [-0.15, -0.1) is 0 Å². The Balaban J connectivity index is 1.69. The first kappa shape index (κ1) is 12.2. The van der Waals surface area contributed by atoms with Gasteiger partial charge in [-0.05, 0) is 23.8 Å². The summed E-state index contributed by atoms with van der Waals surface area (Å²) in [4.78, 5) is 15.0. The number of aromatic nitrogens is 3. The van der Waals surface area contributed by atoms with E-state index >= 15 is 0 Å². The lowest BCUT2D eigenvalue weighted by atomic mass is 10.3. The number of para-hydroxylation sites is 1. The maximum Gasteiger partial charge on any atom is 0.254 e. The van der Waals surface area contributed by atoms with Crippen molar-refractivity contribution in [1.29, 1.82) is 0 Å². The summed E-state index contributed by atoms with van der Waals surface area (Å²) in [5.74, 6) is -0.131. The molecule has 0 spiro atoms. The number of carbonyl (C=O) groups excluding carboxylic acids is 1. The van der Waals surface area contributed by atoms with Crippen LogP contribution in [0.1, 0.15) is 15.9 Å². The van der Waals surface area contributed by atoms with Crippen LogP contribution in [0.4, 0.5) is 0 Å². The van der Waals surface area contributed by atoms with Gasteiger partial charge in [0.2, 0.25) is 0 Å². The molecule has 2 N–H and O–H groups in total. The Bertz CT molecular complexity index is 686. The molecule has 0 aliphatic carbocycles. The van der Waals surface area contributed by atoms with Crippen LogP contribution in [0, 0.1) is 0 Å². The predicted octanol–water partition coefficient (Wildman–Crippen LogP) is 2.13. The van der Waals surface area contributed by atoms with Crippen LogP contribution >= 0.6 is 0 Å². The molecule has 2 aromatic heterocycles. The van der Waals surface area contributed by atoms with Crippen LogP contribution in [0.2, 0.25) is 0 Å². The number of carbonyl (C=O) groups is 1. The number of rotatable bonds is 4. The van der Waals surface area contributed by atoms with Gasteiger partial charge in [-0.1, -0.05) is 18.2 Å². The van der Waals surface area contributed by atoms with Gasteiger partial charge in [0, 0.05) is 25.1 Å². The zero-order valence-electron chi connectivity index (χ0n) is 10.8. The van der Waals surface area contributed by atoms with Crippen LogP contribution in [-0.2, 0) is 6.54 Å². The minimum absolute atomic E-state index is 0.131. The minimum Gasteiger partial charge on any atom is -0.367 e. The molecule has 5 nitrogen and oxygen atoms in total. The molecule has 0 aliphatic heterocycles. The van der Waals surface area contributed by atoms with Gasteiger partial charge < -0.3 is 10.3 Å². The van der Waals surface area contributed by atoms with Crippen molar-refractivity contribution in [2.45, 2.75) is 6.54 Å². The van der Waals surface area contributed by atoms with Crippen LogP contribution in [0.15, 0.2) is 61.2 Å². The number of hydrogen-bond donors (Lipinski definition) is 2. The first-order valence-electron chi connectivity index (χ1n) is 6.33. The average Bonchev–Trinajstić information content (AvgIpc) is 3.17. The zero-order valence-corrected chi connectivity index (χ0v) is 10.8. The summed E-state index contributed by atoms with van der Waals surface area (Å²) >= 11 is 0. The molecule has 1 aromatic carbocycles. The number of H-pyrrole nitrogens is 1. The molecule has 0 unspecified atom stereocenters. The van der Waals surface area contributed by atoms with E-state index in [1.807, 2.05) is 48.8 Å². The fourth-order valence-electron chi connectivity index (χ4n) is 1.91. The monoisotopic (exact) mass is 266 g/mol. The average molecular weight is 266 g/mol. The lowest BCUT2D eigenvalue weighted by Crippen LogP contribution is -2.22. The molecule has 0 radical (unpaired) electrons. The van der Waals surface area contributed by atoms with Crippen LogP contribution in [0.5, 0.6) is 0 Å². The van der Waals surface area contributed by atoms with Crippen molar-refractivity contribution >= 4 is 5.91 Å². The number of aromatic amines is 1. The zero-order chi connectivity index (χ0) is 13.8. The maximum absolute atomic E-state index is 12.0. The Kier molecular flexibility index (Phi) is 3.33. The second kappa shape index (κ2) is 5.44. The van der Waals surface area contributed by atoms with Crippen LogP contribution in [-0.4, -0.2) is 20.7 Å². The molecule has 3 rings (SSSR count). The van der Waals surface area contributed by atoms with Crippen molar-refractivity contribution in [3.05, 3.63) is 72.3 Å². The number of amides is 1. The first-order valence-corrected chi connectivity index (χ1v) is 6.33. The molecule has 3 aromatic rings. The highest BCUT2D eigenvalue weighted by atomic mass is 16.1. The Morgan fingerprint density at radius 1 is 1.25 bits per heavy atom. The normalized spacial score (nSPS) is 10.4. The molecule has 2 heterocycles. The molecule has 0 aliphatic rings. The number of benzene rings is 1. The predicted molar refractivity (Wildman–Crippen MR) is 75.5 cm³/mol. The quantitative estimate of drug-likeness (QED) is 0.760. The van der Waals surface area contributed by atoms with Crippen molar-refractivity contribution in [3.8, 4) is 5.69 Å². The van der Waals surface area contributed by atoms with E-state index in [0.29, 0.717) is 12.1 Å². The van der Waals surface area contributed by atoms with E-state index in [-0.39, 0.29) is 5.91 Å². The Hall–Kier alpha value is -2.82. The van der Waals surface area contributed by atoms with E-state index in [1.54, 1.807) is 17.1 Å². The molecule has 0 atom stereocenters. The lowest BCUT2D eigenvalue weighted by Gasteiger charge is -2.01. The molecular weight excluding hydrogens is 252 g/mol. The molecule has 20 heavy (non-hydrogen) atoms. The maximum atomic E-state index is 12.0. The number of nitrogens with one attached hydrogen (secondary N) is 2. The molecule has 0 bridgehead atoms. The third-order valence-electron chi connectivity index (χ3n) is 2.98. The Morgan fingerprint density at radius 2 is 2.10 bits per heavy atom. The number of hydrogen-bond acceptors (Lipinski definition) is 2. The molecular formula is C15H14N4O. The van der Waals surface area contributed by atoms with Gasteiger partial charge in [0.25, 0.3) is 5.91 Å². The van der Waals surface area contributed by atoms with E-state index in [1.165, 1.54) is 0 Å². The summed E-state index contributed by atoms with van der Waals surface area (Å²) in [7, 11) is 0. The Morgan fingerprint density at radius 3 is 2.85 bits per heavy atom. The van der Waals surface area contributed by atoms with Gasteiger partial charge >= 0.3 is 0 Å². The van der Waals surface area contributed by atoms with Gasteiger partial charge in [0.05, 0.1) is 17.4 Å². The van der Waals surface area contributed by atoms with E-state index in [2.05, 4.69) is 15.4 Å². The van der Waals surface area contributed by atoms with Crippen molar-refractivity contribution in [2.24, 2.45) is 0 Å². The third kappa shape index (κ3) is 2.61. The van der Waals surface area contributed by atoms with Gasteiger partial charge in [0.1, 0.15) is 0 Å². The highest BCUT2D eigenvalue weighted by molar-refractivity contribution is 5.93. The summed E-state index contributed by atoms with van der Waals surface area (Å²) in [5.41, 5.74) is 2.51. The SMILES string of the molecule is O=C(NCc1cc[nH]c1)c1cnn(-c2ccccc2)c1. The Labute approximate surface area is 116 Å². The topological polar surface area (TPSA) is 62.7 Å². The fourth-order valence-corrected chi connectivity index (χ4v) is 1.91. The second-order valence-electron chi connectivity index (χ2n) is 4.41. The van der Waals surface area contributed by atoms with E-state index in [4.69, 9.17) is 0 Å². The summed E-state index contributed by atoms with van der Waals surface area (Å²) in [6.07, 6.45) is 6.98. The minimum atomic E-state index is -0.131. The van der Waals surface area contributed by atoms with Crippen LogP contribution < -0.4 is 5.32 Å². The summed E-state index contributed by atoms with van der Waals surface area (Å²) < 4.78 is 1.69. The standard InChI is InChI=1S/C15H14N4O/c20-15(17-9-12-6-7-16-8-12)13-10-18-19(11-13)14-4-2-1-3-5-14/h1-8,10-11,16H,9H2,(H,17,20). The smallest absolute Gasteiger partial charge is 0.254 e. The van der Waals surface area contributed by atoms with Gasteiger partial charge in [0.15, 0.2) is 0 Å². The van der Waals surface area contributed by atoms with E-state index in [9.17, 15) is 4.79 Å². The van der Waals surface area contributed by atoms with Gasteiger partial charge in [-0.3, -0.25) is 4.79 Å². The van der Waals surface area contributed by atoms with Gasteiger partial charge in [-0.25, -0.2) is 4.68 Å². The van der Waals surface area contributed by atoms with Gasteiger partial charge in [-0.2, -0.15) is 5.10 Å².